The molecule has 10 heteroatoms. The van der Waals surface area contributed by atoms with Crippen LogP contribution in [0.3, 0.4) is 0 Å². The highest BCUT2D eigenvalue weighted by atomic mass is 32.2. The molecule has 0 aliphatic heterocycles. The topological polar surface area (TPSA) is 131 Å². The first-order chi connectivity index (χ1) is 12.3. The van der Waals surface area contributed by atoms with Crippen LogP contribution in [-0.2, 0) is 19.6 Å². The first kappa shape index (κ1) is 19.9. The molecule has 0 radical (unpaired) electrons. The summed E-state index contributed by atoms with van der Waals surface area (Å²) in [6.07, 6.45) is 2.30. The lowest BCUT2D eigenvalue weighted by Gasteiger charge is -2.08. The molecule has 0 unspecified atom stereocenters. The Morgan fingerprint density at radius 1 is 1.23 bits per heavy atom. The van der Waals surface area contributed by atoms with E-state index in [0.29, 0.717) is 13.0 Å². The number of esters is 1. The van der Waals surface area contributed by atoms with E-state index in [-0.39, 0.29) is 16.5 Å². The third-order valence-corrected chi connectivity index (χ3v) is 4.92. The van der Waals surface area contributed by atoms with Crippen LogP contribution in [0.15, 0.2) is 29.2 Å². The predicted molar refractivity (Wildman–Crippen MR) is 91.9 cm³/mol. The van der Waals surface area contributed by atoms with Crippen molar-refractivity contribution in [3.8, 4) is 0 Å². The van der Waals surface area contributed by atoms with Crippen LogP contribution in [0.1, 0.15) is 36.5 Å². The summed E-state index contributed by atoms with van der Waals surface area (Å²) in [6.45, 7) is 1.61. The van der Waals surface area contributed by atoms with Crippen molar-refractivity contribution >= 4 is 27.9 Å². The lowest BCUT2D eigenvalue weighted by Crippen LogP contribution is -2.41. The van der Waals surface area contributed by atoms with E-state index in [2.05, 4.69) is 10.0 Å². The Morgan fingerprint density at radius 3 is 2.62 bits per heavy atom. The zero-order valence-corrected chi connectivity index (χ0v) is 15.1. The van der Waals surface area contributed by atoms with Crippen molar-refractivity contribution in [3.05, 3.63) is 29.8 Å². The molecule has 0 spiro atoms. The van der Waals surface area contributed by atoms with Crippen LogP contribution in [-0.4, -0.2) is 45.5 Å². The Hall–Kier alpha value is -2.46. The number of amides is 3. The van der Waals surface area contributed by atoms with Gasteiger partial charge in [0.2, 0.25) is 10.0 Å². The van der Waals surface area contributed by atoms with Gasteiger partial charge in [0.15, 0.2) is 6.61 Å². The van der Waals surface area contributed by atoms with E-state index in [1.54, 1.807) is 0 Å². The van der Waals surface area contributed by atoms with Crippen molar-refractivity contribution in [1.29, 1.82) is 0 Å². The second-order valence-electron chi connectivity index (χ2n) is 5.80. The number of rotatable bonds is 8. The van der Waals surface area contributed by atoms with Gasteiger partial charge in [0.05, 0.1) is 10.5 Å². The molecular formula is C16H21N3O6S. The summed E-state index contributed by atoms with van der Waals surface area (Å²) in [6, 6.07) is 4.61. The number of hydrogen-bond acceptors (Lipinski definition) is 6. The Bertz CT molecular complexity index is 789. The van der Waals surface area contributed by atoms with Gasteiger partial charge in [0.1, 0.15) is 0 Å². The standard InChI is InChI=1S/C16H21N3O6S/c1-2-8-17-16(22)18-14(20)10-25-15(21)11-4-3-5-13(9-11)26(23,24)19-12-6-7-12/h3-5,9,12,19H,2,6-8,10H2,1H3,(H2,17,18,20,22). The lowest BCUT2D eigenvalue weighted by atomic mass is 10.2. The number of carbonyl (C=O) groups excluding carboxylic acids is 3. The number of imide groups is 1. The molecular weight excluding hydrogens is 362 g/mol. The highest BCUT2D eigenvalue weighted by Crippen LogP contribution is 2.22. The molecule has 0 aromatic heterocycles. The summed E-state index contributed by atoms with van der Waals surface area (Å²) in [5.41, 5.74) is -0.00749. The lowest BCUT2D eigenvalue weighted by molar-refractivity contribution is -0.123. The summed E-state index contributed by atoms with van der Waals surface area (Å²) >= 11 is 0. The Balaban J connectivity index is 1.90. The van der Waals surface area contributed by atoms with Gasteiger partial charge in [-0.25, -0.2) is 22.7 Å². The normalized spacial score (nSPS) is 13.7. The molecule has 3 N–H and O–H groups in total. The van der Waals surface area contributed by atoms with Crippen molar-refractivity contribution in [2.45, 2.75) is 37.1 Å². The molecule has 0 bridgehead atoms. The zero-order valence-electron chi connectivity index (χ0n) is 14.3. The maximum atomic E-state index is 12.2. The van der Waals surface area contributed by atoms with Crippen LogP contribution >= 0.6 is 0 Å². The molecule has 142 valence electrons. The van der Waals surface area contributed by atoms with Gasteiger partial charge in [-0.1, -0.05) is 13.0 Å². The minimum Gasteiger partial charge on any atom is -0.452 e. The minimum atomic E-state index is -3.70. The fourth-order valence-corrected chi connectivity index (χ4v) is 3.29. The van der Waals surface area contributed by atoms with E-state index in [0.717, 1.165) is 12.8 Å². The second-order valence-corrected chi connectivity index (χ2v) is 7.52. The number of sulfonamides is 1. The maximum absolute atomic E-state index is 12.2. The van der Waals surface area contributed by atoms with Crippen molar-refractivity contribution in [2.75, 3.05) is 13.2 Å². The van der Waals surface area contributed by atoms with Gasteiger partial charge in [0, 0.05) is 12.6 Å². The SMILES string of the molecule is CCCNC(=O)NC(=O)COC(=O)c1cccc(S(=O)(=O)NC2CC2)c1. The smallest absolute Gasteiger partial charge is 0.338 e. The third kappa shape index (κ3) is 6.12. The monoisotopic (exact) mass is 383 g/mol. The largest absolute Gasteiger partial charge is 0.452 e. The van der Waals surface area contributed by atoms with Crippen LogP contribution in [0.4, 0.5) is 4.79 Å². The molecule has 9 nitrogen and oxygen atoms in total. The summed E-state index contributed by atoms with van der Waals surface area (Å²) in [5.74, 6) is -1.65. The van der Waals surface area contributed by atoms with Crippen LogP contribution in [0.25, 0.3) is 0 Å². The predicted octanol–water partition coefficient (Wildman–Crippen LogP) is 0.520. The number of carbonyl (C=O) groups is 3. The fraction of sp³-hybridized carbons (Fsp3) is 0.438. The molecule has 0 saturated heterocycles. The summed E-state index contributed by atoms with van der Waals surface area (Å²) in [5, 5.41) is 4.46. The van der Waals surface area contributed by atoms with E-state index in [1.165, 1.54) is 24.3 Å². The van der Waals surface area contributed by atoms with Crippen molar-refractivity contribution < 1.29 is 27.5 Å². The highest BCUT2D eigenvalue weighted by molar-refractivity contribution is 7.89. The Morgan fingerprint density at radius 2 is 1.96 bits per heavy atom. The van der Waals surface area contributed by atoms with Gasteiger partial charge in [-0.05, 0) is 37.5 Å². The van der Waals surface area contributed by atoms with Gasteiger partial charge in [0.25, 0.3) is 5.91 Å². The molecule has 2 rings (SSSR count). The molecule has 1 aliphatic rings. The van der Waals surface area contributed by atoms with Crippen molar-refractivity contribution in [3.63, 3.8) is 0 Å². The maximum Gasteiger partial charge on any atom is 0.338 e. The van der Waals surface area contributed by atoms with Gasteiger partial charge in [-0.3, -0.25) is 10.1 Å². The summed E-state index contributed by atoms with van der Waals surface area (Å²) < 4.78 is 31.6. The van der Waals surface area contributed by atoms with Gasteiger partial charge in [-0.15, -0.1) is 0 Å². The molecule has 1 aromatic rings. The van der Waals surface area contributed by atoms with Crippen LogP contribution in [0.5, 0.6) is 0 Å². The van der Waals surface area contributed by atoms with Gasteiger partial charge < -0.3 is 10.1 Å². The van der Waals surface area contributed by atoms with Crippen LogP contribution in [0, 0.1) is 0 Å². The molecule has 1 saturated carbocycles. The molecule has 3 amide bonds. The Kier molecular flexibility index (Phi) is 6.70. The molecule has 1 fully saturated rings. The van der Waals surface area contributed by atoms with E-state index in [9.17, 15) is 22.8 Å². The van der Waals surface area contributed by atoms with E-state index in [1.807, 2.05) is 12.2 Å². The second kappa shape index (κ2) is 8.77. The summed E-state index contributed by atoms with van der Waals surface area (Å²) in [7, 11) is -3.70. The van der Waals surface area contributed by atoms with Crippen molar-refractivity contribution in [1.82, 2.24) is 15.4 Å². The van der Waals surface area contributed by atoms with Crippen LogP contribution in [0.2, 0.25) is 0 Å². The molecule has 1 aliphatic carbocycles. The molecule has 0 heterocycles. The van der Waals surface area contributed by atoms with E-state index < -0.39 is 34.5 Å². The van der Waals surface area contributed by atoms with E-state index in [4.69, 9.17) is 4.74 Å². The molecule has 1 aromatic carbocycles. The first-order valence-electron chi connectivity index (χ1n) is 8.19. The molecule has 26 heavy (non-hydrogen) atoms. The number of urea groups is 1. The number of benzene rings is 1. The van der Waals surface area contributed by atoms with E-state index >= 15 is 0 Å². The van der Waals surface area contributed by atoms with Crippen LogP contribution < -0.4 is 15.4 Å². The quantitative estimate of drug-likeness (QED) is 0.561. The highest BCUT2D eigenvalue weighted by Gasteiger charge is 2.28. The van der Waals surface area contributed by atoms with Crippen molar-refractivity contribution in [2.24, 2.45) is 0 Å². The average molecular weight is 383 g/mol. The number of ether oxygens (including phenoxy) is 1. The third-order valence-electron chi connectivity index (χ3n) is 3.40. The fourth-order valence-electron chi connectivity index (χ4n) is 1.94. The summed E-state index contributed by atoms with van der Waals surface area (Å²) in [4.78, 5) is 34.8. The number of hydrogen-bond donors (Lipinski definition) is 3. The molecule has 0 atom stereocenters. The average Bonchev–Trinajstić information content (AvgIpc) is 3.41. The minimum absolute atomic E-state index is 0.00749. The van der Waals surface area contributed by atoms with Gasteiger partial charge in [-0.2, -0.15) is 0 Å². The first-order valence-corrected chi connectivity index (χ1v) is 9.67. The van der Waals surface area contributed by atoms with Gasteiger partial charge >= 0.3 is 12.0 Å². The zero-order chi connectivity index (χ0) is 19.2. The Labute approximate surface area is 151 Å². The number of nitrogens with one attached hydrogen (secondary N) is 3.